The number of hydrogen-bond donors (Lipinski definition) is 4. The number of sulfonamides is 1. The zero-order valence-electron chi connectivity index (χ0n) is 30.5. The molecule has 5 atom stereocenters. The molecule has 1 aliphatic heterocycles. The van der Waals surface area contributed by atoms with E-state index in [1.54, 1.807) is 0 Å². The van der Waals surface area contributed by atoms with E-state index in [4.69, 9.17) is 5.73 Å². The van der Waals surface area contributed by atoms with Crippen LogP contribution < -0.4 is 21.7 Å². The van der Waals surface area contributed by atoms with Gasteiger partial charge in [-0.15, -0.1) is 0 Å². The Morgan fingerprint density at radius 1 is 0.980 bits per heavy atom. The lowest BCUT2D eigenvalue weighted by molar-refractivity contribution is -0.144. The molecule has 0 radical (unpaired) electrons. The Bertz CT molecular complexity index is 1530. The molecule has 1 saturated carbocycles. The summed E-state index contributed by atoms with van der Waals surface area (Å²) < 4.78 is 25.6. The van der Waals surface area contributed by atoms with Crippen LogP contribution in [0.4, 0.5) is 4.79 Å². The minimum absolute atomic E-state index is 0.0188. The Kier molecular flexibility index (Phi) is 12.4. The Balaban J connectivity index is 1.62. The summed E-state index contributed by atoms with van der Waals surface area (Å²) in [4.78, 5) is 68.9. The molecule has 1 aromatic rings. The average Bonchev–Trinajstić information content (AvgIpc) is 3.64. The lowest BCUT2D eigenvalue weighted by atomic mass is 9.80. The summed E-state index contributed by atoms with van der Waals surface area (Å²) in [6.07, 6.45) is 5.88. The molecule has 13 nitrogen and oxygen atoms in total. The summed E-state index contributed by atoms with van der Waals surface area (Å²) in [5.41, 5.74) is 7.01. The molecular formula is C36H56N6O7S. The van der Waals surface area contributed by atoms with Gasteiger partial charge < -0.3 is 26.6 Å². The van der Waals surface area contributed by atoms with Crippen molar-refractivity contribution < 1.29 is 32.4 Å². The second kappa shape index (κ2) is 15.8. The van der Waals surface area contributed by atoms with Gasteiger partial charge in [0.2, 0.25) is 27.6 Å². The molecule has 5 amide bonds. The second-order valence-corrected chi connectivity index (χ2v) is 18.1. The van der Waals surface area contributed by atoms with Gasteiger partial charge in [-0.3, -0.25) is 19.2 Å². The van der Waals surface area contributed by atoms with Crippen molar-refractivity contribution in [2.45, 2.75) is 104 Å². The third kappa shape index (κ3) is 9.42. The number of carbonyl (C=O) groups is 5. The fraction of sp³-hybridized carbons (Fsp3) is 0.694. The molecule has 14 heteroatoms. The zero-order valence-corrected chi connectivity index (χ0v) is 31.3. The number of nitrogens with one attached hydrogen (secondary N) is 3. The molecule has 2 fully saturated rings. The van der Waals surface area contributed by atoms with E-state index in [-0.39, 0.29) is 36.8 Å². The van der Waals surface area contributed by atoms with Gasteiger partial charge in [-0.25, -0.2) is 17.5 Å². The Hall–Kier alpha value is -3.52. The number of likely N-dealkylation sites (N-methyl/N-ethyl adjacent to an activating group) is 1. The molecule has 3 aliphatic rings. The van der Waals surface area contributed by atoms with Gasteiger partial charge >= 0.3 is 6.03 Å². The monoisotopic (exact) mass is 716 g/mol. The van der Waals surface area contributed by atoms with Gasteiger partial charge in [-0.1, -0.05) is 78.1 Å². The fourth-order valence-electron chi connectivity index (χ4n) is 7.48. The SMILES string of the molecule is CC(C)[C@H]1CCN(C(=O)[C@@H](NC(=O)N[C@H](CN(C)S(C)(=O)=O)C(C)(C)C)C2Cc3ccccc3C2)[C@@H]1C(=O)NC(CC1CCC1)C(=O)C(N)=O. The highest BCUT2D eigenvalue weighted by Crippen LogP contribution is 2.35. The second-order valence-electron chi connectivity index (χ2n) is 16.0. The number of hydrogen-bond acceptors (Lipinski definition) is 7. The van der Waals surface area contributed by atoms with Crippen molar-refractivity contribution in [3.63, 3.8) is 0 Å². The summed E-state index contributed by atoms with van der Waals surface area (Å²) in [6, 6.07) is 3.68. The Morgan fingerprint density at radius 2 is 1.58 bits per heavy atom. The highest BCUT2D eigenvalue weighted by molar-refractivity contribution is 7.88. The first-order valence-electron chi connectivity index (χ1n) is 17.8. The summed E-state index contributed by atoms with van der Waals surface area (Å²) in [7, 11) is -2.07. The van der Waals surface area contributed by atoms with Crippen LogP contribution in [0, 0.1) is 29.1 Å². The molecule has 1 heterocycles. The summed E-state index contributed by atoms with van der Waals surface area (Å²) in [6.45, 7) is 9.95. The quantitative estimate of drug-likeness (QED) is 0.212. The van der Waals surface area contributed by atoms with Crippen molar-refractivity contribution >= 4 is 39.6 Å². The van der Waals surface area contributed by atoms with Crippen LogP contribution >= 0.6 is 0 Å². The number of benzene rings is 1. The predicted octanol–water partition coefficient (Wildman–Crippen LogP) is 1.98. The first kappa shape index (κ1) is 39.3. The standard InChI is InChI=1S/C36H56N6O7S/c1-21(2)26-15-16-42(30(26)33(45)38-27(31(43)32(37)44)17-22-11-10-12-22)34(46)29(25-18-23-13-8-9-14-24(23)19-25)40-35(47)39-28(36(3,4)5)20-41(6)50(7,48)49/h8-9,13-14,21-22,25-30H,10-12,15-20H2,1-7H3,(H2,37,44)(H,38,45)(H2,39,40,47)/t26-,27?,28-,29+,30+/m1/s1. The lowest BCUT2D eigenvalue weighted by Gasteiger charge is -2.36. The van der Waals surface area contributed by atoms with Crippen LogP contribution in [0.2, 0.25) is 0 Å². The number of rotatable bonds is 14. The number of nitrogens with two attached hydrogens (primary N) is 1. The molecule has 0 spiro atoms. The number of urea groups is 1. The van der Waals surface area contributed by atoms with Crippen LogP contribution in [0.5, 0.6) is 0 Å². The molecule has 1 saturated heterocycles. The van der Waals surface area contributed by atoms with Crippen LogP contribution in [-0.2, 0) is 42.0 Å². The van der Waals surface area contributed by atoms with Crippen molar-refractivity contribution in [3.8, 4) is 0 Å². The van der Waals surface area contributed by atoms with Gasteiger partial charge in [-0.05, 0) is 65.9 Å². The lowest BCUT2D eigenvalue weighted by Crippen LogP contribution is -2.61. The first-order chi connectivity index (χ1) is 23.3. The van der Waals surface area contributed by atoms with Crippen LogP contribution in [0.1, 0.15) is 77.8 Å². The fourth-order valence-corrected chi connectivity index (χ4v) is 7.90. The summed E-state index contributed by atoms with van der Waals surface area (Å²) in [5.74, 6) is -3.18. The maximum atomic E-state index is 14.7. The van der Waals surface area contributed by atoms with E-state index in [1.165, 1.54) is 16.3 Å². The minimum Gasteiger partial charge on any atom is -0.363 e. The topological polar surface area (TPSA) is 188 Å². The molecule has 1 aromatic carbocycles. The number of ketones is 1. The minimum atomic E-state index is -3.52. The average molecular weight is 717 g/mol. The smallest absolute Gasteiger partial charge is 0.315 e. The number of Topliss-reactive ketones (excluding diaryl/α,β-unsaturated/α-hetero) is 1. The molecule has 0 bridgehead atoms. The first-order valence-corrected chi connectivity index (χ1v) is 19.6. The van der Waals surface area contributed by atoms with Crippen molar-refractivity contribution in [3.05, 3.63) is 35.4 Å². The number of fused-ring (bicyclic) bond motifs is 1. The summed E-state index contributed by atoms with van der Waals surface area (Å²) in [5, 5.41) is 8.69. The van der Waals surface area contributed by atoms with E-state index < -0.39 is 69.1 Å². The number of primary amides is 1. The van der Waals surface area contributed by atoms with E-state index in [0.29, 0.717) is 25.7 Å². The number of likely N-dealkylation sites (tertiary alicyclic amines) is 1. The zero-order chi connectivity index (χ0) is 37.1. The Morgan fingerprint density at radius 3 is 2.06 bits per heavy atom. The highest BCUT2D eigenvalue weighted by Gasteiger charge is 2.48. The van der Waals surface area contributed by atoms with Crippen LogP contribution in [0.15, 0.2) is 24.3 Å². The van der Waals surface area contributed by atoms with Crippen LogP contribution in [0.3, 0.4) is 0 Å². The molecule has 0 aromatic heterocycles. The number of nitrogens with zero attached hydrogens (tertiary/aromatic N) is 2. The number of amides is 5. The maximum Gasteiger partial charge on any atom is 0.315 e. The van der Waals surface area contributed by atoms with Gasteiger partial charge in [0.15, 0.2) is 0 Å². The molecular weight excluding hydrogens is 660 g/mol. The van der Waals surface area contributed by atoms with E-state index >= 15 is 0 Å². The largest absolute Gasteiger partial charge is 0.363 e. The molecule has 1 unspecified atom stereocenters. The van der Waals surface area contributed by atoms with Crippen molar-refractivity contribution in [2.24, 2.45) is 34.8 Å². The van der Waals surface area contributed by atoms with Gasteiger partial charge in [-0.2, -0.15) is 0 Å². The van der Waals surface area contributed by atoms with Gasteiger partial charge in [0.25, 0.3) is 5.91 Å². The van der Waals surface area contributed by atoms with Crippen molar-refractivity contribution in [2.75, 3.05) is 26.4 Å². The number of carbonyl (C=O) groups excluding carboxylic acids is 5. The molecule has 4 rings (SSSR count). The van der Waals surface area contributed by atoms with E-state index in [0.717, 1.165) is 36.6 Å². The predicted molar refractivity (Wildman–Crippen MR) is 190 cm³/mol. The van der Waals surface area contributed by atoms with Crippen molar-refractivity contribution in [1.29, 1.82) is 0 Å². The van der Waals surface area contributed by atoms with Crippen LogP contribution in [0.25, 0.3) is 0 Å². The molecule has 2 aliphatic carbocycles. The maximum absolute atomic E-state index is 14.7. The molecule has 50 heavy (non-hydrogen) atoms. The van der Waals surface area contributed by atoms with E-state index in [2.05, 4.69) is 16.0 Å². The third-order valence-electron chi connectivity index (χ3n) is 11.0. The third-order valence-corrected chi connectivity index (χ3v) is 12.3. The van der Waals surface area contributed by atoms with Gasteiger partial charge in [0, 0.05) is 26.2 Å². The van der Waals surface area contributed by atoms with E-state index in [9.17, 15) is 32.4 Å². The van der Waals surface area contributed by atoms with Gasteiger partial charge in [0.05, 0.1) is 12.3 Å². The van der Waals surface area contributed by atoms with Gasteiger partial charge in [0.1, 0.15) is 12.1 Å². The normalized spacial score (nSPS) is 21.7. The highest BCUT2D eigenvalue weighted by atomic mass is 32.2. The van der Waals surface area contributed by atoms with Crippen LogP contribution in [-0.4, -0.2) is 97.7 Å². The summed E-state index contributed by atoms with van der Waals surface area (Å²) >= 11 is 0. The molecule has 5 N–H and O–H groups in total. The van der Waals surface area contributed by atoms with Crippen molar-refractivity contribution in [1.82, 2.24) is 25.2 Å². The molecule has 278 valence electrons. The Labute approximate surface area is 296 Å². The van der Waals surface area contributed by atoms with E-state index in [1.807, 2.05) is 58.9 Å².